The molecular formula is C17H13N3O3S. The number of nitrogens with one attached hydrogen (secondary N) is 1. The molecule has 4 rings (SSSR count). The Labute approximate surface area is 141 Å². The van der Waals surface area contributed by atoms with Crippen LogP contribution in [0.3, 0.4) is 0 Å². The quantitative estimate of drug-likeness (QED) is 0.582. The van der Waals surface area contributed by atoms with Crippen molar-refractivity contribution in [3.05, 3.63) is 58.6 Å². The van der Waals surface area contributed by atoms with E-state index in [9.17, 15) is 14.9 Å². The number of rotatable bonds is 4. The van der Waals surface area contributed by atoms with Gasteiger partial charge in [0.25, 0.3) is 0 Å². The van der Waals surface area contributed by atoms with E-state index in [4.69, 9.17) is 0 Å². The van der Waals surface area contributed by atoms with Crippen LogP contribution in [-0.2, 0) is 4.79 Å². The third-order valence-corrected chi connectivity index (χ3v) is 5.12. The van der Waals surface area contributed by atoms with E-state index in [2.05, 4.69) is 10.3 Å². The summed E-state index contributed by atoms with van der Waals surface area (Å²) < 4.78 is 1.11. The summed E-state index contributed by atoms with van der Waals surface area (Å²) in [5.41, 5.74) is 2.49. The van der Waals surface area contributed by atoms with Crippen LogP contribution < -0.4 is 5.32 Å². The van der Waals surface area contributed by atoms with E-state index in [1.807, 2.05) is 42.5 Å². The first-order valence-electron chi connectivity index (χ1n) is 7.52. The summed E-state index contributed by atoms with van der Waals surface area (Å²) >= 11 is 1.59. The summed E-state index contributed by atoms with van der Waals surface area (Å²) in [5.74, 6) is -0.816. The number of carbonyl (C=O) groups excluding carboxylic acids is 1. The van der Waals surface area contributed by atoms with Gasteiger partial charge >= 0.3 is 0 Å². The van der Waals surface area contributed by atoms with Crippen LogP contribution in [0.5, 0.6) is 0 Å². The van der Waals surface area contributed by atoms with Gasteiger partial charge in [-0.3, -0.25) is 14.9 Å². The number of nitro groups is 1. The lowest BCUT2D eigenvalue weighted by molar-refractivity contribution is -0.497. The Bertz CT molecular complexity index is 920. The molecule has 2 aromatic carbocycles. The van der Waals surface area contributed by atoms with Gasteiger partial charge in [-0.05, 0) is 24.3 Å². The molecule has 1 aliphatic carbocycles. The summed E-state index contributed by atoms with van der Waals surface area (Å²) in [5, 5.41) is 14.3. The normalized spacial score (nSPS) is 19.2. The van der Waals surface area contributed by atoms with Crippen LogP contribution in [0, 0.1) is 16.0 Å². The van der Waals surface area contributed by atoms with Crippen molar-refractivity contribution in [2.75, 3.05) is 5.32 Å². The predicted octanol–water partition coefficient (Wildman–Crippen LogP) is 3.57. The Morgan fingerprint density at radius 1 is 1.25 bits per heavy atom. The summed E-state index contributed by atoms with van der Waals surface area (Å²) in [6, 6.07) is 14.6. The maximum Gasteiger partial charge on any atom is 0.234 e. The lowest BCUT2D eigenvalue weighted by atomic mass is 10.2. The Hall–Kier alpha value is -2.80. The molecule has 0 radical (unpaired) electrons. The van der Waals surface area contributed by atoms with E-state index in [1.165, 1.54) is 0 Å². The molecule has 7 heteroatoms. The number of hydrogen-bond donors (Lipinski definition) is 1. The third-order valence-electron chi connectivity index (χ3n) is 4.04. The first kappa shape index (κ1) is 14.8. The standard InChI is InChI=1S/C17H13N3O3S/c21-16(12-9-14(12)20(22)23)18-11-5-3-4-10(8-11)17-19-13-6-1-2-7-15(13)24-17/h1-8,12,14H,9H2,(H,18,21)/t12-,14+/m0/s1. The molecule has 3 aromatic rings. The fourth-order valence-corrected chi connectivity index (χ4v) is 3.62. The highest BCUT2D eigenvalue weighted by Gasteiger charge is 2.53. The summed E-state index contributed by atoms with van der Waals surface area (Å²) in [6.07, 6.45) is 0.316. The summed E-state index contributed by atoms with van der Waals surface area (Å²) in [7, 11) is 0. The molecule has 1 saturated carbocycles. The molecule has 1 amide bonds. The zero-order chi connectivity index (χ0) is 16.7. The molecule has 0 saturated heterocycles. The van der Waals surface area contributed by atoms with Crippen molar-refractivity contribution in [2.45, 2.75) is 12.5 Å². The number of fused-ring (bicyclic) bond motifs is 1. The van der Waals surface area contributed by atoms with Crippen LogP contribution in [0.15, 0.2) is 48.5 Å². The Morgan fingerprint density at radius 3 is 2.83 bits per heavy atom. The van der Waals surface area contributed by atoms with E-state index >= 15 is 0 Å². The second-order valence-electron chi connectivity index (χ2n) is 5.75. The molecule has 1 aromatic heterocycles. The van der Waals surface area contributed by atoms with Crippen molar-refractivity contribution in [3.63, 3.8) is 0 Å². The summed E-state index contributed by atoms with van der Waals surface area (Å²) in [4.78, 5) is 26.9. The number of para-hydroxylation sites is 1. The summed E-state index contributed by atoms with van der Waals surface area (Å²) in [6.45, 7) is 0. The topological polar surface area (TPSA) is 85.1 Å². The van der Waals surface area contributed by atoms with E-state index < -0.39 is 12.0 Å². The minimum atomic E-state index is -0.738. The minimum Gasteiger partial charge on any atom is -0.326 e. The maximum absolute atomic E-state index is 12.0. The van der Waals surface area contributed by atoms with E-state index in [0.29, 0.717) is 12.1 Å². The average Bonchev–Trinajstić information content (AvgIpc) is 3.27. The van der Waals surface area contributed by atoms with Gasteiger partial charge in [-0.1, -0.05) is 24.3 Å². The highest BCUT2D eigenvalue weighted by atomic mass is 32.1. The first-order valence-corrected chi connectivity index (χ1v) is 8.34. The maximum atomic E-state index is 12.0. The van der Waals surface area contributed by atoms with Gasteiger partial charge in [0.05, 0.1) is 10.2 Å². The molecule has 0 bridgehead atoms. The van der Waals surface area contributed by atoms with Crippen molar-refractivity contribution in [2.24, 2.45) is 5.92 Å². The van der Waals surface area contributed by atoms with Gasteiger partial charge in [0, 0.05) is 22.6 Å². The smallest absolute Gasteiger partial charge is 0.234 e. The van der Waals surface area contributed by atoms with E-state index in [-0.39, 0.29) is 10.8 Å². The molecule has 1 fully saturated rings. The third kappa shape index (κ3) is 2.74. The number of nitrogens with zero attached hydrogens (tertiary/aromatic N) is 2. The molecule has 120 valence electrons. The van der Waals surface area contributed by atoms with Crippen molar-refractivity contribution >= 4 is 33.1 Å². The SMILES string of the molecule is O=C(Nc1cccc(-c2nc3ccccc3s2)c1)[C@H]1C[C@H]1[N+](=O)[O-]. The fraction of sp³-hybridized carbons (Fsp3) is 0.176. The molecular weight excluding hydrogens is 326 g/mol. The van der Waals surface area contributed by atoms with Crippen LogP contribution >= 0.6 is 11.3 Å². The molecule has 0 spiro atoms. The number of amides is 1. The monoisotopic (exact) mass is 339 g/mol. The van der Waals surface area contributed by atoms with Crippen molar-refractivity contribution in [1.82, 2.24) is 4.98 Å². The zero-order valence-electron chi connectivity index (χ0n) is 12.5. The van der Waals surface area contributed by atoms with Crippen LogP contribution in [0.25, 0.3) is 20.8 Å². The number of benzene rings is 2. The lowest BCUT2D eigenvalue weighted by Crippen LogP contribution is -2.18. The fourth-order valence-electron chi connectivity index (χ4n) is 2.66. The zero-order valence-corrected chi connectivity index (χ0v) is 13.3. The van der Waals surface area contributed by atoms with Crippen LogP contribution in [-0.4, -0.2) is 21.9 Å². The van der Waals surface area contributed by atoms with Crippen molar-refractivity contribution in [3.8, 4) is 10.6 Å². The van der Waals surface area contributed by atoms with Crippen LogP contribution in [0.4, 0.5) is 5.69 Å². The van der Waals surface area contributed by atoms with Gasteiger partial charge in [-0.2, -0.15) is 0 Å². The van der Waals surface area contributed by atoms with Crippen molar-refractivity contribution < 1.29 is 9.72 Å². The molecule has 1 N–H and O–H groups in total. The molecule has 24 heavy (non-hydrogen) atoms. The van der Waals surface area contributed by atoms with Crippen LogP contribution in [0.2, 0.25) is 0 Å². The predicted molar refractivity (Wildman–Crippen MR) is 92.6 cm³/mol. The highest BCUT2D eigenvalue weighted by Crippen LogP contribution is 2.35. The second-order valence-corrected chi connectivity index (χ2v) is 6.78. The second kappa shape index (κ2) is 5.68. The van der Waals surface area contributed by atoms with Gasteiger partial charge in [-0.15, -0.1) is 11.3 Å². The number of thiazole rings is 1. The average molecular weight is 339 g/mol. The van der Waals surface area contributed by atoms with Gasteiger partial charge in [0.1, 0.15) is 10.9 Å². The van der Waals surface area contributed by atoms with Crippen LogP contribution in [0.1, 0.15) is 6.42 Å². The van der Waals surface area contributed by atoms with Crippen molar-refractivity contribution in [1.29, 1.82) is 0 Å². The number of anilines is 1. The Morgan fingerprint density at radius 2 is 2.08 bits per heavy atom. The highest BCUT2D eigenvalue weighted by molar-refractivity contribution is 7.21. The number of aromatic nitrogens is 1. The molecule has 0 unspecified atom stereocenters. The van der Waals surface area contributed by atoms with Gasteiger partial charge < -0.3 is 5.32 Å². The Balaban J connectivity index is 1.55. The van der Waals surface area contributed by atoms with Gasteiger partial charge in [0.2, 0.25) is 11.9 Å². The largest absolute Gasteiger partial charge is 0.326 e. The molecule has 2 atom stereocenters. The van der Waals surface area contributed by atoms with Gasteiger partial charge in [-0.25, -0.2) is 4.98 Å². The van der Waals surface area contributed by atoms with Gasteiger partial charge in [0.15, 0.2) is 0 Å². The number of carbonyl (C=O) groups is 1. The lowest BCUT2D eigenvalue weighted by Gasteiger charge is -2.05. The molecule has 6 nitrogen and oxygen atoms in total. The van der Waals surface area contributed by atoms with E-state index in [1.54, 1.807) is 17.4 Å². The first-order chi connectivity index (χ1) is 11.6. The molecule has 1 aliphatic rings. The minimum absolute atomic E-state index is 0.293. The molecule has 0 aliphatic heterocycles. The number of hydrogen-bond acceptors (Lipinski definition) is 5. The van der Waals surface area contributed by atoms with E-state index in [0.717, 1.165) is 20.8 Å². The Kier molecular flexibility index (Phi) is 3.50. The molecule has 1 heterocycles.